The number of nitrogens with zero attached hydrogens (tertiary/aromatic N) is 1. The van der Waals surface area contributed by atoms with Crippen LogP contribution >= 0.6 is 0 Å². The second kappa shape index (κ2) is 6.13. The highest BCUT2D eigenvalue weighted by Gasteiger charge is 2.28. The van der Waals surface area contributed by atoms with Crippen molar-refractivity contribution in [1.82, 2.24) is 0 Å². The van der Waals surface area contributed by atoms with Crippen molar-refractivity contribution in [2.75, 3.05) is 30.8 Å². The third-order valence-corrected chi connectivity index (χ3v) is 3.69. The highest BCUT2D eigenvalue weighted by Crippen LogP contribution is 2.31. The fourth-order valence-corrected chi connectivity index (χ4v) is 2.58. The van der Waals surface area contributed by atoms with Crippen LogP contribution in [-0.4, -0.2) is 37.4 Å². The Morgan fingerprint density at radius 2 is 2.20 bits per heavy atom. The van der Waals surface area contributed by atoms with Crippen LogP contribution < -0.4 is 10.6 Å². The molecule has 0 amide bonds. The average molecular weight is 278 g/mol. The Balaban J connectivity index is 2.03. The molecule has 0 spiro atoms. The van der Waals surface area contributed by atoms with Crippen LogP contribution in [0.5, 0.6) is 0 Å². The molecule has 0 unspecified atom stereocenters. The predicted molar refractivity (Wildman–Crippen MR) is 78.8 cm³/mol. The number of hydrogen-bond donors (Lipinski definition) is 2. The number of ether oxygens (including phenoxy) is 1. The number of nitrogen functional groups attached to an aromatic ring is 1. The molecule has 0 heterocycles. The highest BCUT2D eigenvalue weighted by molar-refractivity contribution is 5.92. The van der Waals surface area contributed by atoms with Gasteiger partial charge in [-0.25, -0.2) is 4.79 Å². The molecule has 1 fully saturated rings. The molecule has 1 aliphatic rings. The van der Waals surface area contributed by atoms with Gasteiger partial charge in [-0.1, -0.05) is 0 Å². The van der Waals surface area contributed by atoms with E-state index in [-0.39, 0.29) is 12.1 Å². The lowest BCUT2D eigenvalue weighted by atomic mass is 9.82. The van der Waals surface area contributed by atoms with Gasteiger partial charge in [-0.3, -0.25) is 0 Å². The Morgan fingerprint density at radius 3 is 2.75 bits per heavy atom. The van der Waals surface area contributed by atoms with Crippen LogP contribution in [0.1, 0.15) is 30.1 Å². The molecule has 0 atom stereocenters. The molecule has 110 valence electrons. The molecule has 1 aromatic carbocycles. The van der Waals surface area contributed by atoms with Crippen molar-refractivity contribution in [2.24, 2.45) is 5.92 Å². The summed E-state index contributed by atoms with van der Waals surface area (Å²) < 4.78 is 4.95. The van der Waals surface area contributed by atoms with E-state index in [0.717, 1.165) is 25.1 Å². The minimum atomic E-state index is -0.351. The van der Waals surface area contributed by atoms with Gasteiger partial charge in [0.2, 0.25) is 0 Å². The van der Waals surface area contributed by atoms with E-state index in [0.29, 0.717) is 23.8 Å². The van der Waals surface area contributed by atoms with Gasteiger partial charge in [-0.15, -0.1) is 0 Å². The van der Waals surface area contributed by atoms with E-state index >= 15 is 0 Å². The summed E-state index contributed by atoms with van der Waals surface area (Å²) in [5.74, 6) is 0.162. The summed E-state index contributed by atoms with van der Waals surface area (Å²) in [6, 6.07) is 5.23. The first kappa shape index (κ1) is 14.7. The van der Waals surface area contributed by atoms with Crippen molar-refractivity contribution in [2.45, 2.75) is 25.9 Å². The van der Waals surface area contributed by atoms with Crippen LogP contribution in [0.3, 0.4) is 0 Å². The van der Waals surface area contributed by atoms with E-state index in [1.54, 1.807) is 19.1 Å². The van der Waals surface area contributed by atoms with Gasteiger partial charge in [0.05, 0.1) is 29.6 Å². The van der Waals surface area contributed by atoms with E-state index in [4.69, 9.17) is 10.5 Å². The van der Waals surface area contributed by atoms with E-state index < -0.39 is 0 Å². The van der Waals surface area contributed by atoms with Gasteiger partial charge in [-0.2, -0.15) is 0 Å². The van der Waals surface area contributed by atoms with Crippen molar-refractivity contribution in [3.8, 4) is 0 Å². The van der Waals surface area contributed by atoms with Gasteiger partial charge >= 0.3 is 5.97 Å². The maximum absolute atomic E-state index is 11.6. The maximum Gasteiger partial charge on any atom is 0.338 e. The van der Waals surface area contributed by atoms with Gasteiger partial charge in [0, 0.05) is 13.6 Å². The van der Waals surface area contributed by atoms with E-state index in [1.165, 1.54) is 0 Å². The summed E-state index contributed by atoms with van der Waals surface area (Å²) in [7, 11) is 1.97. The van der Waals surface area contributed by atoms with Gasteiger partial charge in [-0.05, 0) is 43.9 Å². The van der Waals surface area contributed by atoms with Crippen molar-refractivity contribution < 1.29 is 14.6 Å². The number of anilines is 2. The molecule has 0 aliphatic heterocycles. The minimum absolute atomic E-state index is 0.142. The molecule has 3 N–H and O–H groups in total. The van der Waals surface area contributed by atoms with Crippen LogP contribution in [0.4, 0.5) is 11.4 Å². The summed E-state index contributed by atoms with van der Waals surface area (Å²) in [5, 5.41) is 9.31. The third kappa shape index (κ3) is 3.22. The van der Waals surface area contributed by atoms with Gasteiger partial charge in [0.1, 0.15) is 0 Å². The second-order valence-corrected chi connectivity index (χ2v) is 5.37. The molecule has 20 heavy (non-hydrogen) atoms. The van der Waals surface area contributed by atoms with Crippen LogP contribution in [-0.2, 0) is 4.74 Å². The van der Waals surface area contributed by atoms with Gasteiger partial charge in [0.15, 0.2) is 0 Å². The van der Waals surface area contributed by atoms with E-state index in [2.05, 4.69) is 4.90 Å². The first-order chi connectivity index (χ1) is 9.51. The summed E-state index contributed by atoms with van der Waals surface area (Å²) in [6.07, 6.45) is 1.56. The standard InChI is InChI=1S/C15H22N2O3/c1-3-20-15(19)11-4-5-14(13(16)8-11)17(2)9-10-6-12(18)7-10/h4-5,8,10,12,18H,3,6-7,9,16H2,1-2H3. The SMILES string of the molecule is CCOC(=O)c1ccc(N(C)CC2CC(O)C2)c(N)c1. The smallest absolute Gasteiger partial charge is 0.338 e. The van der Waals surface area contributed by atoms with Crippen molar-refractivity contribution in [1.29, 1.82) is 0 Å². The van der Waals surface area contributed by atoms with Gasteiger partial charge in [0.25, 0.3) is 0 Å². The topological polar surface area (TPSA) is 75.8 Å². The number of carbonyl (C=O) groups excluding carboxylic acids is 1. The first-order valence-corrected chi connectivity index (χ1v) is 6.97. The van der Waals surface area contributed by atoms with E-state index in [9.17, 15) is 9.90 Å². The van der Waals surface area contributed by atoms with Crippen LogP contribution in [0.2, 0.25) is 0 Å². The highest BCUT2D eigenvalue weighted by atomic mass is 16.5. The zero-order valence-corrected chi connectivity index (χ0v) is 12.0. The molecule has 5 heteroatoms. The Hall–Kier alpha value is -1.75. The fraction of sp³-hybridized carbons (Fsp3) is 0.533. The lowest BCUT2D eigenvalue weighted by Crippen LogP contribution is -2.37. The number of esters is 1. The van der Waals surface area contributed by atoms with Gasteiger partial charge < -0.3 is 20.5 Å². The summed E-state index contributed by atoms with van der Waals surface area (Å²) >= 11 is 0. The van der Waals surface area contributed by atoms with Crippen LogP contribution in [0.15, 0.2) is 18.2 Å². The molecule has 1 aliphatic carbocycles. The number of carbonyl (C=O) groups is 1. The lowest BCUT2D eigenvalue weighted by Gasteiger charge is -2.35. The number of aliphatic hydroxyl groups excluding tert-OH is 1. The average Bonchev–Trinajstić information content (AvgIpc) is 2.36. The molecule has 0 saturated heterocycles. The Kier molecular flexibility index (Phi) is 4.49. The van der Waals surface area contributed by atoms with Crippen LogP contribution in [0.25, 0.3) is 0 Å². The Bertz CT molecular complexity index is 484. The summed E-state index contributed by atoms with van der Waals surface area (Å²) in [6.45, 7) is 2.99. The molecule has 1 aromatic rings. The number of aliphatic hydroxyl groups is 1. The second-order valence-electron chi connectivity index (χ2n) is 5.37. The molecule has 5 nitrogen and oxygen atoms in total. The summed E-state index contributed by atoms with van der Waals surface area (Å²) in [4.78, 5) is 13.7. The molecule has 0 aromatic heterocycles. The number of hydrogen-bond acceptors (Lipinski definition) is 5. The zero-order chi connectivity index (χ0) is 14.7. The van der Waals surface area contributed by atoms with Crippen molar-refractivity contribution in [3.05, 3.63) is 23.8 Å². The molecular weight excluding hydrogens is 256 g/mol. The molecular formula is C15H22N2O3. The lowest BCUT2D eigenvalue weighted by molar-refractivity contribution is 0.0464. The predicted octanol–water partition coefficient (Wildman–Crippen LogP) is 1.65. The third-order valence-electron chi connectivity index (χ3n) is 3.69. The Morgan fingerprint density at radius 1 is 1.50 bits per heavy atom. The minimum Gasteiger partial charge on any atom is -0.462 e. The fourth-order valence-electron chi connectivity index (χ4n) is 2.58. The zero-order valence-electron chi connectivity index (χ0n) is 12.0. The Labute approximate surface area is 119 Å². The molecule has 2 rings (SSSR count). The number of rotatable bonds is 5. The van der Waals surface area contributed by atoms with Crippen LogP contribution in [0, 0.1) is 5.92 Å². The first-order valence-electron chi connectivity index (χ1n) is 6.97. The molecule has 1 saturated carbocycles. The normalized spacial score (nSPS) is 21.1. The summed E-state index contributed by atoms with van der Waals surface area (Å²) in [5.41, 5.74) is 7.96. The molecule has 0 radical (unpaired) electrons. The number of nitrogens with two attached hydrogens (primary N) is 1. The monoisotopic (exact) mass is 278 g/mol. The van der Waals surface area contributed by atoms with E-state index in [1.807, 2.05) is 13.1 Å². The van der Waals surface area contributed by atoms with Crippen molar-refractivity contribution in [3.63, 3.8) is 0 Å². The maximum atomic E-state index is 11.6. The quantitative estimate of drug-likeness (QED) is 0.632. The molecule has 0 bridgehead atoms. The van der Waals surface area contributed by atoms with Crippen molar-refractivity contribution >= 4 is 17.3 Å². The number of benzene rings is 1. The largest absolute Gasteiger partial charge is 0.462 e.